The lowest BCUT2D eigenvalue weighted by molar-refractivity contribution is 0.121. The van der Waals surface area contributed by atoms with Crippen molar-refractivity contribution in [1.29, 1.82) is 0 Å². The summed E-state index contributed by atoms with van der Waals surface area (Å²) in [6.45, 7) is 1.66. The third-order valence-corrected chi connectivity index (χ3v) is 5.00. The summed E-state index contributed by atoms with van der Waals surface area (Å²) in [7, 11) is -1.54. The van der Waals surface area contributed by atoms with Crippen LogP contribution in [-0.4, -0.2) is 46.0 Å². The zero-order valence-corrected chi connectivity index (χ0v) is 12.7. The highest BCUT2D eigenvalue weighted by Gasteiger charge is 2.24. The van der Waals surface area contributed by atoms with Crippen molar-refractivity contribution in [2.45, 2.75) is 17.4 Å². The van der Waals surface area contributed by atoms with Crippen molar-refractivity contribution in [3.8, 4) is 0 Å². The summed E-state index contributed by atoms with van der Waals surface area (Å²) < 4.78 is 28.6. The number of ether oxygens (including phenoxy) is 1. The second kappa shape index (κ2) is 5.14. The second-order valence-corrected chi connectivity index (χ2v) is 7.06. The van der Waals surface area contributed by atoms with Crippen LogP contribution in [-0.2, 0) is 14.6 Å². The molecular formula is C11H15BrN2O3S. The van der Waals surface area contributed by atoms with E-state index in [1.54, 1.807) is 19.2 Å². The van der Waals surface area contributed by atoms with Crippen LogP contribution in [0, 0.1) is 0 Å². The Morgan fingerprint density at radius 3 is 2.72 bits per heavy atom. The number of methoxy groups -OCH3 is 1. The summed E-state index contributed by atoms with van der Waals surface area (Å²) in [4.78, 5) is 6.60. The Hall–Kier alpha value is -0.660. The van der Waals surface area contributed by atoms with Gasteiger partial charge in [-0.15, -0.1) is 0 Å². The van der Waals surface area contributed by atoms with Crippen LogP contribution in [0.15, 0.2) is 21.6 Å². The zero-order valence-electron chi connectivity index (χ0n) is 10.3. The van der Waals surface area contributed by atoms with E-state index in [4.69, 9.17) is 4.74 Å². The number of rotatable bonds is 3. The molecule has 100 valence electrons. The quantitative estimate of drug-likeness (QED) is 0.783. The predicted molar refractivity (Wildman–Crippen MR) is 72.7 cm³/mol. The Bertz CT molecular complexity index is 547. The van der Waals surface area contributed by atoms with Crippen molar-refractivity contribution in [3.63, 3.8) is 0 Å². The van der Waals surface area contributed by atoms with Crippen LogP contribution >= 0.6 is 15.9 Å². The average molecular weight is 335 g/mol. The van der Waals surface area contributed by atoms with E-state index in [1.807, 2.05) is 0 Å². The molecule has 1 saturated heterocycles. The fraction of sp³-hybridized carbons (Fsp3) is 0.545. The Balaban J connectivity index is 2.25. The van der Waals surface area contributed by atoms with E-state index in [0.29, 0.717) is 4.60 Å². The molecule has 2 heterocycles. The van der Waals surface area contributed by atoms with Crippen molar-refractivity contribution >= 4 is 31.6 Å². The Morgan fingerprint density at radius 1 is 1.50 bits per heavy atom. The molecule has 0 aliphatic carbocycles. The number of sulfone groups is 1. The first kappa shape index (κ1) is 13.8. The summed E-state index contributed by atoms with van der Waals surface area (Å²) in [6.07, 6.45) is 2.36. The van der Waals surface area contributed by atoms with Gasteiger partial charge in [0, 0.05) is 26.5 Å². The minimum Gasteiger partial charge on any atom is -0.380 e. The predicted octanol–water partition coefficient (Wildman–Crippen LogP) is 1.47. The number of hydrogen-bond donors (Lipinski definition) is 0. The Labute approximate surface area is 115 Å². The lowest BCUT2D eigenvalue weighted by atomic mass is 10.3. The van der Waals surface area contributed by atoms with Gasteiger partial charge in [-0.1, -0.05) is 0 Å². The molecule has 1 atom stereocenters. The van der Waals surface area contributed by atoms with Gasteiger partial charge >= 0.3 is 0 Å². The molecule has 1 aliphatic heterocycles. The van der Waals surface area contributed by atoms with Gasteiger partial charge in [-0.3, -0.25) is 0 Å². The summed E-state index contributed by atoms with van der Waals surface area (Å²) in [5.74, 6) is 0.772. The smallest absolute Gasteiger partial charge is 0.178 e. The van der Waals surface area contributed by atoms with Gasteiger partial charge in [-0.25, -0.2) is 13.4 Å². The first-order chi connectivity index (χ1) is 8.41. The fourth-order valence-electron chi connectivity index (χ4n) is 1.99. The van der Waals surface area contributed by atoms with Crippen LogP contribution in [0.1, 0.15) is 6.42 Å². The van der Waals surface area contributed by atoms with Gasteiger partial charge in [-0.2, -0.15) is 0 Å². The highest BCUT2D eigenvalue weighted by Crippen LogP contribution is 2.26. The summed E-state index contributed by atoms with van der Waals surface area (Å²) >= 11 is 3.21. The number of anilines is 1. The molecular weight excluding hydrogens is 320 g/mol. The largest absolute Gasteiger partial charge is 0.380 e. The number of pyridine rings is 1. The molecule has 7 heteroatoms. The molecule has 0 unspecified atom stereocenters. The topological polar surface area (TPSA) is 59.5 Å². The first-order valence-electron chi connectivity index (χ1n) is 5.56. The van der Waals surface area contributed by atoms with Crippen LogP contribution in [0.4, 0.5) is 5.82 Å². The molecule has 0 saturated carbocycles. The van der Waals surface area contributed by atoms with Crippen molar-refractivity contribution in [1.82, 2.24) is 4.98 Å². The van der Waals surface area contributed by atoms with E-state index in [1.165, 1.54) is 6.26 Å². The maximum Gasteiger partial charge on any atom is 0.178 e. The Kier molecular flexibility index (Phi) is 3.93. The van der Waals surface area contributed by atoms with Crippen LogP contribution < -0.4 is 4.90 Å². The third-order valence-electron chi connectivity index (χ3n) is 3.00. The molecule has 18 heavy (non-hydrogen) atoms. The fourth-order valence-corrected chi connectivity index (χ4v) is 3.86. The van der Waals surface area contributed by atoms with Gasteiger partial charge in [-0.05, 0) is 34.5 Å². The molecule has 0 bridgehead atoms. The molecule has 0 spiro atoms. The summed E-state index contributed by atoms with van der Waals surface area (Å²) in [6, 6.07) is 3.32. The monoisotopic (exact) mass is 334 g/mol. The molecule has 0 aromatic carbocycles. The number of halogens is 1. The minimum atomic E-state index is -3.24. The summed E-state index contributed by atoms with van der Waals surface area (Å²) in [5.41, 5.74) is 0. The van der Waals surface area contributed by atoms with Gasteiger partial charge in [0.15, 0.2) is 9.84 Å². The number of nitrogens with zero attached hydrogens (tertiary/aromatic N) is 2. The average Bonchev–Trinajstić information content (AvgIpc) is 2.75. The molecule has 1 fully saturated rings. The highest BCUT2D eigenvalue weighted by atomic mass is 79.9. The van der Waals surface area contributed by atoms with E-state index in [9.17, 15) is 8.42 Å². The molecule has 1 aromatic heterocycles. The van der Waals surface area contributed by atoms with Gasteiger partial charge in [0.25, 0.3) is 0 Å². The minimum absolute atomic E-state index is 0.216. The molecule has 5 nitrogen and oxygen atoms in total. The van der Waals surface area contributed by atoms with Gasteiger partial charge in [0.05, 0.1) is 11.0 Å². The number of hydrogen-bond acceptors (Lipinski definition) is 5. The maximum absolute atomic E-state index is 11.5. The lowest BCUT2D eigenvalue weighted by Gasteiger charge is -2.17. The zero-order chi connectivity index (χ0) is 13.3. The maximum atomic E-state index is 11.5. The highest BCUT2D eigenvalue weighted by molar-refractivity contribution is 9.10. The summed E-state index contributed by atoms with van der Waals surface area (Å²) in [5, 5.41) is 0. The normalized spacial score (nSPS) is 20.4. The van der Waals surface area contributed by atoms with Crippen LogP contribution in [0.5, 0.6) is 0 Å². The van der Waals surface area contributed by atoms with Crippen LogP contribution in [0.2, 0.25) is 0 Å². The van der Waals surface area contributed by atoms with Gasteiger partial charge < -0.3 is 9.64 Å². The standard InChI is InChI=1S/C11H15BrN2O3S/c1-17-8-5-6-14(7-8)10-4-3-9(11(12)13-10)18(2,15)16/h3-4,8H,5-7H2,1-2H3/t8-/m1/s1. The first-order valence-corrected chi connectivity index (χ1v) is 8.24. The second-order valence-electron chi connectivity index (χ2n) is 4.32. The van der Waals surface area contributed by atoms with E-state index in [-0.39, 0.29) is 11.0 Å². The third kappa shape index (κ3) is 2.84. The molecule has 1 aliphatic rings. The van der Waals surface area contributed by atoms with Crippen LogP contribution in [0.25, 0.3) is 0 Å². The number of aromatic nitrogens is 1. The lowest BCUT2D eigenvalue weighted by Crippen LogP contribution is -2.23. The van der Waals surface area contributed by atoms with E-state index >= 15 is 0 Å². The van der Waals surface area contributed by atoms with E-state index in [2.05, 4.69) is 25.8 Å². The van der Waals surface area contributed by atoms with Gasteiger partial charge in [0.2, 0.25) is 0 Å². The molecule has 0 radical (unpaired) electrons. The molecule has 0 N–H and O–H groups in total. The van der Waals surface area contributed by atoms with Crippen molar-refractivity contribution in [2.75, 3.05) is 31.4 Å². The van der Waals surface area contributed by atoms with Crippen molar-refractivity contribution in [3.05, 3.63) is 16.7 Å². The molecule has 2 rings (SSSR count). The Morgan fingerprint density at radius 2 is 2.22 bits per heavy atom. The SMILES string of the molecule is CO[C@@H]1CCN(c2ccc(S(C)(=O)=O)c(Br)n2)C1. The van der Waals surface area contributed by atoms with Crippen molar-refractivity contribution in [2.24, 2.45) is 0 Å². The van der Waals surface area contributed by atoms with Crippen LogP contribution in [0.3, 0.4) is 0 Å². The van der Waals surface area contributed by atoms with Crippen molar-refractivity contribution < 1.29 is 13.2 Å². The van der Waals surface area contributed by atoms with E-state index < -0.39 is 9.84 Å². The molecule has 1 aromatic rings. The van der Waals surface area contributed by atoms with Gasteiger partial charge in [0.1, 0.15) is 10.4 Å². The van der Waals surface area contributed by atoms with E-state index in [0.717, 1.165) is 25.3 Å². The molecule has 0 amide bonds.